The predicted molar refractivity (Wildman–Crippen MR) is 112 cm³/mol. The van der Waals surface area contributed by atoms with Crippen LogP contribution in [0.4, 0.5) is 0 Å². The first-order valence-electron chi connectivity index (χ1n) is 11.1. The van der Waals surface area contributed by atoms with Crippen LogP contribution in [0.5, 0.6) is 0 Å². The number of aliphatic hydroxyl groups is 3. The molecule has 7 nitrogen and oxygen atoms in total. The zero-order valence-corrected chi connectivity index (χ0v) is 19.2. The molecule has 1 saturated carbocycles. The summed E-state index contributed by atoms with van der Waals surface area (Å²) in [5.41, 5.74) is -1.64. The molecule has 3 N–H and O–H groups in total. The molecular weight excluding hydrogens is 388 g/mol. The molecule has 4 bridgehead atoms. The lowest BCUT2D eigenvalue weighted by Gasteiger charge is -2.53. The minimum absolute atomic E-state index is 0.0185. The Balaban J connectivity index is 2.08. The Kier molecular flexibility index (Phi) is 6.77. The summed E-state index contributed by atoms with van der Waals surface area (Å²) in [6.07, 6.45) is 0.358. The second-order valence-corrected chi connectivity index (χ2v) is 10.2. The molecule has 0 aromatic carbocycles. The normalized spacial score (nSPS) is 44.5. The minimum Gasteiger partial charge on any atom is -0.387 e. The van der Waals surface area contributed by atoms with Gasteiger partial charge in [-0.3, -0.25) is 0 Å². The van der Waals surface area contributed by atoms with Crippen molar-refractivity contribution >= 4 is 0 Å². The summed E-state index contributed by atoms with van der Waals surface area (Å²) in [5, 5.41) is 34.4. The second-order valence-electron chi connectivity index (χ2n) is 10.2. The van der Waals surface area contributed by atoms with Crippen molar-refractivity contribution in [2.45, 2.75) is 95.8 Å². The van der Waals surface area contributed by atoms with E-state index in [4.69, 9.17) is 18.9 Å². The van der Waals surface area contributed by atoms with E-state index in [-0.39, 0.29) is 24.7 Å². The lowest BCUT2D eigenvalue weighted by Crippen LogP contribution is -2.64. The van der Waals surface area contributed by atoms with Crippen molar-refractivity contribution in [2.75, 3.05) is 13.9 Å². The molecule has 0 amide bonds. The zero-order chi connectivity index (χ0) is 22.5. The van der Waals surface area contributed by atoms with Crippen LogP contribution in [0.25, 0.3) is 0 Å². The van der Waals surface area contributed by atoms with Crippen molar-refractivity contribution in [3.63, 3.8) is 0 Å². The highest BCUT2D eigenvalue weighted by molar-refractivity contribution is 5.17. The number of hydrogen-bond donors (Lipinski definition) is 3. The van der Waals surface area contributed by atoms with Crippen molar-refractivity contribution in [1.82, 2.24) is 0 Å². The van der Waals surface area contributed by atoms with Crippen LogP contribution in [0.3, 0.4) is 0 Å². The predicted octanol–water partition coefficient (Wildman–Crippen LogP) is 2.23. The van der Waals surface area contributed by atoms with E-state index in [0.29, 0.717) is 12.8 Å². The molecule has 0 aromatic rings. The number of rotatable bonds is 8. The maximum absolute atomic E-state index is 11.9. The summed E-state index contributed by atoms with van der Waals surface area (Å²) in [4.78, 5) is 0. The average Bonchev–Trinajstić information content (AvgIpc) is 2.90. The average molecular weight is 429 g/mol. The molecule has 2 aliphatic heterocycles. The van der Waals surface area contributed by atoms with Gasteiger partial charge in [0.25, 0.3) is 0 Å². The van der Waals surface area contributed by atoms with Gasteiger partial charge in [-0.05, 0) is 44.9 Å². The fraction of sp³-hybridized carbons (Fsp3) is 0.913. The molecule has 3 fully saturated rings. The highest BCUT2D eigenvalue weighted by atomic mass is 16.7. The smallest absolute Gasteiger partial charge is 0.196 e. The topological polar surface area (TPSA) is 97.6 Å². The van der Waals surface area contributed by atoms with Crippen LogP contribution in [0, 0.1) is 23.2 Å². The van der Waals surface area contributed by atoms with Crippen molar-refractivity contribution in [1.29, 1.82) is 0 Å². The van der Waals surface area contributed by atoms with Crippen LogP contribution in [-0.2, 0) is 18.9 Å². The zero-order valence-electron chi connectivity index (χ0n) is 19.2. The molecule has 174 valence electrons. The maximum atomic E-state index is 11.9. The maximum Gasteiger partial charge on any atom is 0.196 e. The van der Waals surface area contributed by atoms with Crippen LogP contribution < -0.4 is 0 Å². The van der Waals surface area contributed by atoms with Crippen LogP contribution in [-0.4, -0.2) is 71.1 Å². The van der Waals surface area contributed by atoms with Gasteiger partial charge in [0, 0.05) is 18.4 Å². The van der Waals surface area contributed by atoms with Gasteiger partial charge in [-0.15, -0.1) is 6.58 Å². The molecule has 3 aliphatic rings. The van der Waals surface area contributed by atoms with E-state index >= 15 is 0 Å². The van der Waals surface area contributed by atoms with Gasteiger partial charge in [0.15, 0.2) is 5.79 Å². The van der Waals surface area contributed by atoms with E-state index in [0.717, 1.165) is 6.42 Å². The third-order valence-corrected chi connectivity index (χ3v) is 8.09. The Labute approximate surface area is 180 Å². The number of methoxy groups -OCH3 is 1. The highest BCUT2D eigenvalue weighted by Crippen LogP contribution is 2.62. The quantitative estimate of drug-likeness (QED) is 0.403. The Bertz CT molecular complexity index is 623. The van der Waals surface area contributed by atoms with Gasteiger partial charge in [0.2, 0.25) is 0 Å². The molecule has 7 heteroatoms. The van der Waals surface area contributed by atoms with Crippen molar-refractivity contribution < 1.29 is 34.3 Å². The second kappa shape index (κ2) is 8.43. The first kappa shape index (κ1) is 24.1. The summed E-state index contributed by atoms with van der Waals surface area (Å²) >= 11 is 0. The largest absolute Gasteiger partial charge is 0.387 e. The first-order chi connectivity index (χ1) is 13.9. The Morgan fingerprint density at radius 2 is 1.93 bits per heavy atom. The standard InChI is InChI=1S/C23H40O7/c1-8-17(24)19(29-13(2)3)15-11-18-22(25)10-9-16(21(22,5)6)20(28-12-27-7)23(26,30-18)14(15)4/h8,13-20,24-26H,1,9-12H2,2-7H3/t14-,15+,16-,17-,18-,19+,20-,22-,23+/m1/s1. The molecule has 30 heavy (non-hydrogen) atoms. The van der Waals surface area contributed by atoms with E-state index in [1.54, 1.807) is 7.11 Å². The fourth-order valence-corrected chi connectivity index (χ4v) is 6.21. The van der Waals surface area contributed by atoms with Crippen LogP contribution in [0.2, 0.25) is 0 Å². The van der Waals surface area contributed by atoms with Gasteiger partial charge in [0.05, 0.1) is 30.0 Å². The third kappa shape index (κ3) is 3.56. The van der Waals surface area contributed by atoms with Gasteiger partial charge >= 0.3 is 0 Å². The van der Waals surface area contributed by atoms with Crippen molar-refractivity contribution in [3.05, 3.63) is 12.7 Å². The summed E-state index contributed by atoms with van der Waals surface area (Å²) in [6, 6.07) is 0. The van der Waals surface area contributed by atoms with Gasteiger partial charge in [-0.25, -0.2) is 0 Å². The Hall–Kier alpha value is -0.540. The van der Waals surface area contributed by atoms with Crippen LogP contribution in [0.1, 0.15) is 53.9 Å². The van der Waals surface area contributed by atoms with E-state index in [1.807, 2.05) is 34.6 Å². The molecule has 2 heterocycles. The number of ether oxygens (including phenoxy) is 4. The van der Waals surface area contributed by atoms with Crippen molar-refractivity contribution in [3.8, 4) is 0 Å². The molecule has 1 aliphatic carbocycles. The van der Waals surface area contributed by atoms with Gasteiger partial charge < -0.3 is 34.3 Å². The van der Waals surface area contributed by atoms with E-state index < -0.39 is 47.1 Å². The summed E-state index contributed by atoms with van der Waals surface area (Å²) in [5.74, 6) is -2.43. The molecular formula is C23H40O7. The summed E-state index contributed by atoms with van der Waals surface area (Å²) in [7, 11) is 1.54. The van der Waals surface area contributed by atoms with E-state index in [2.05, 4.69) is 6.58 Å². The Morgan fingerprint density at radius 1 is 1.27 bits per heavy atom. The van der Waals surface area contributed by atoms with Gasteiger partial charge in [-0.2, -0.15) is 0 Å². The molecule has 2 saturated heterocycles. The number of fused-ring (bicyclic) bond motifs is 5. The van der Waals surface area contributed by atoms with Crippen LogP contribution in [0.15, 0.2) is 12.7 Å². The molecule has 0 radical (unpaired) electrons. The third-order valence-electron chi connectivity index (χ3n) is 8.09. The number of aliphatic hydroxyl groups excluding tert-OH is 1. The first-order valence-corrected chi connectivity index (χ1v) is 11.1. The lowest BCUT2D eigenvalue weighted by molar-refractivity contribution is -0.366. The molecule has 3 rings (SSSR count). The summed E-state index contributed by atoms with van der Waals surface area (Å²) in [6.45, 7) is 13.5. The minimum atomic E-state index is -1.64. The Morgan fingerprint density at radius 3 is 2.50 bits per heavy atom. The SMILES string of the molecule is C=C[C@@H](O)[C@@H](OC(C)C)[C@H]1C[C@H]2O[C@@](O)([C@@H]1C)[C@H](OCOC)[C@H]1CC[C@]2(O)C1(C)C. The fourth-order valence-electron chi connectivity index (χ4n) is 6.21. The lowest BCUT2D eigenvalue weighted by atomic mass is 9.68. The van der Waals surface area contributed by atoms with Gasteiger partial charge in [-0.1, -0.05) is 26.8 Å². The molecule has 9 atom stereocenters. The monoisotopic (exact) mass is 428 g/mol. The van der Waals surface area contributed by atoms with E-state index in [9.17, 15) is 15.3 Å². The van der Waals surface area contributed by atoms with Gasteiger partial charge in [0.1, 0.15) is 12.9 Å². The van der Waals surface area contributed by atoms with Crippen LogP contribution >= 0.6 is 0 Å². The molecule has 0 aromatic heterocycles. The molecule has 0 unspecified atom stereocenters. The van der Waals surface area contributed by atoms with Crippen molar-refractivity contribution in [2.24, 2.45) is 23.2 Å². The summed E-state index contributed by atoms with van der Waals surface area (Å²) < 4.78 is 23.6. The highest BCUT2D eigenvalue weighted by Gasteiger charge is 2.71. The molecule has 0 spiro atoms. The number of hydrogen-bond acceptors (Lipinski definition) is 7. The van der Waals surface area contributed by atoms with E-state index in [1.165, 1.54) is 6.08 Å².